The predicted molar refractivity (Wildman–Crippen MR) is 137 cm³/mol. The van der Waals surface area contributed by atoms with Crippen molar-refractivity contribution in [1.29, 1.82) is 0 Å². The Labute approximate surface area is 213 Å². The SMILES string of the molecule is COc1ccc(-c2ccc3c(c2)nc(C(=O)NC[C@@H](N)CCCN)n3Cc2ccccc2)cc1.[Cl-].[H+]. The van der Waals surface area contributed by atoms with Crippen molar-refractivity contribution < 1.29 is 23.4 Å². The van der Waals surface area contributed by atoms with Gasteiger partial charge in [-0.2, -0.15) is 0 Å². The number of hydrogen-bond acceptors (Lipinski definition) is 5. The molecule has 1 amide bonds. The van der Waals surface area contributed by atoms with Gasteiger partial charge in [-0.05, 0) is 60.3 Å². The van der Waals surface area contributed by atoms with Gasteiger partial charge in [0.1, 0.15) is 5.75 Å². The molecule has 0 radical (unpaired) electrons. The van der Waals surface area contributed by atoms with E-state index in [9.17, 15) is 4.79 Å². The molecule has 0 aliphatic carbocycles. The summed E-state index contributed by atoms with van der Waals surface area (Å²) in [5.41, 5.74) is 16.5. The molecule has 4 aromatic rings. The van der Waals surface area contributed by atoms with Gasteiger partial charge in [0.2, 0.25) is 0 Å². The minimum absolute atomic E-state index is 0. The predicted octanol–water partition coefficient (Wildman–Crippen LogP) is 0.673. The van der Waals surface area contributed by atoms with E-state index in [4.69, 9.17) is 21.2 Å². The van der Waals surface area contributed by atoms with E-state index in [1.807, 2.05) is 71.3 Å². The molecule has 0 bridgehead atoms. The van der Waals surface area contributed by atoms with Gasteiger partial charge in [0.25, 0.3) is 5.91 Å². The van der Waals surface area contributed by atoms with Crippen molar-refractivity contribution in [2.24, 2.45) is 11.5 Å². The number of amides is 1. The van der Waals surface area contributed by atoms with E-state index in [2.05, 4.69) is 11.4 Å². The third kappa shape index (κ3) is 6.39. The number of rotatable bonds is 10. The molecular weight excluding hydrogens is 462 g/mol. The summed E-state index contributed by atoms with van der Waals surface area (Å²) in [6.07, 6.45) is 1.60. The van der Waals surface area contributed by atoms with Crippen molar-refractivity contribution in [2.45, 2.75) is 25.4 Å². The second-order valence-corrected chi connectivity index (χ2v) is 8.34. The summed E-state index contributed by atoms with van der Waals surface area (Å²) in [7, 11) is 1.65. The molecule has 0 unspecified atom stereocenters. The van der Waals surface area contributed by atoms with Crippen LogP contribution < -0.4 is 33.9 Å². The minimum Gasteiger partial charge on any atom is -1.00 e. The van der Waals surface area contributed by atoms with Gasteiger partial charge in [-0.1, -0.05) is 48.5 Å². The van der Waals surface area contributed by atoms with Crippen molar-refractivity contribution in [3.8, 4) is 16.9 Å². The summed E-state index contributed by atoms with van der Waals surface area (Å²) in [5.74, 6) is 0.943. The number of carbonyl (C=O) groups excluding carboxylic acids is 1. The summed E-state index contributed by atoms with van der Waals surface area (Å²) in [6, 6.07) is 23.9. The van der Waals surface area contributed by atoms with E-state index in [1.54, 1.807) is 7.11 Å². The molecule has 0 saturated carbocycles. The summed E-state index contributed by atoms with van der Waals surface area (Å²) in [5, 5.41) is 2.95. The first-order chi connectivity index (χ1) is 16.6. The summed E-state index contributed by atoms with van der Waals surface area (Å²) in [6.45, 7) is 1.51. The monoisotopic (exact) mass is 493 g/mol. The first-order valence-corrected chi connectivity index (χ1v) is 11.5. The molecule has 0 aliphatic heterocycles. The third-order valence-electron chi connectivity index (χ3n) is 5.86. The Morgan fingerprint density at radius 1 is 1.09 bits per heavy atom. The zero-order chi connectivity index (χ0) is 23.9. The lowest BCUT2D eigenvalue weighted by Crippen LogP contribution is -3.00. The van der Waals surface area contributed by atoms with Gasteiger partial charge in [0.05, 0.1) is 18.1 Å². The van der Waals surface area contributed by atoms with Gasteiger partial charge < -0.3 is 38.5 Å². The number of imidazole rings is 1. The second-order valence-electron chi connectivity index (χ2n) is 8.34. The zero-order valence-electron chi connectivity index (χ0n) is 20.8. The summed E-state index contributed by atoms with van der Waals surface area (Å²) in [4.78, 5) is 17.9. The number of nitrogens with one attached hydrogen (secondary N) is 1. The molecule has 3 aromatic carbocycles. The highest BCUT2D eigenvalue weighted by Gasteiger charge is 2.19. The van der Waals surface area contributed by atoms with Crippen molar-refractivity contribution >= 4 is 16.9 Å². The van der Waals surface area contributed by atoms with E-state index < -0.39 is 0 Å². The highest BCUT2D eigenvalue weighted by Crippen LogP contribution is 2.27. The van der Waals surface area contributed by atoms with Gasteiger partial charge >= 0.3 is 1.43 Å². The number of hydrogen-bond donors (Lipinski definition) is 3. The quantitative estimate of drug-likeness (QED) is 0.301. The molecule has 0 saturated heterocycles. The summed E-state index contributed by atoms with van der Waals surface area (Å²) < 4.78 is 7.22. The van der Waals surface area contributed by atoms with Crippen LogP contribution in [-0.4, -0.2) is 41.7 Å². The summed E-state index contributed by atoms with van der Waals surface area (Å²) >= 11 is 0. The van der Waals surface area contributed by atoms with Gasteiger partial charge in [-0.15, -0.1) is 0 Å². The molecule has 7 nitrogen and oxygen atoms in total. The maximum atomic E-state index is 13.1. The van der Waals surface area contributed by atoms with E-state index in [-0.39, 0.29) is 25.8 Å². The Kier molecular flexibility index (Phi) is 9.25. The normalized spacial score (nSPS) is 11.6. The Hall–Kier alpha value is -3.39. The number of benzene rings is 3. The third-order valence-corrected chi connectivity index (χ3v) is 5.86. The highest BCUT2D eigenvalue weighted by molar-refractivity contribution is 5.95. The van der Waals surface area contributed by atoms with Crippen LogP contribution in [0, 0.1) is 0 Å². The maximum Gasteiger partial charge on any atom is 1.00 e. The van der Waals surface area contributed by atoms with Crippen LogP contribution in [0.25, 0.3) is 22.2 Å². The zero-order valence-corrected chi connectivity index (χ0v) is 20.5. The number of nitrogens with zero attached hydrogens (tertiary/aromatic N) is 2. The number of nitrogens with two attached hydrogens (primary N) is 2. The Bertz CT molecular complexity index is 1250. The lowest BCUT2D eigenvalue weighted by atomic mass is 10.0. The largest absolute Gasteiger partial charge is 1.00 e. The van der Waals surface area contributed by atoms with Crippen molar-refractivity contribution in [3.63, 3.8) is 0 Å². The van der Waals surface area contributed by atoms with Crippen LogP contribution in [0.1, 0.15) is 30.5 Å². The minimum atomic E-state index is -0.235. The van der Waals surface area contributed by atoms with E-state index >= 15 is 0 Å². The van der Waals surface area contributed by atoms with Crippen LogP contribution in [0.5, 0.6) is 5.75 Å². The number of methoxy groups -OCH3 is 1. The molecule has 184 valence electrons. The van der Waals surface area contributed by atoms with Gasteiger partial charge in [0, 0.05) is 19.1 Å². The van der Waals surface area contributed by atoms with Crippen LogP contribution in [0.4, 0.5) is 0 Å². The van der Waals surface area contributed by atoms with Crippen LogP contribution in [0.2, 0.25) is 0 Å². The second kappa shape index (κ2) is 12.4. The molecule has 35 heavy (non-hydrogen) atoms. The Morgan fingerprint density at radius 2 is 1.80 bits per heavy atom. The van der Waals surface area contributed by atoms with Crippen LogP contribution in [-0.2, 0) is 6.54 Å². The van der Waals surface area contributed by atoms with Crippen LogP contribution in [0.15, 0.2) is 72.8 Å². The van der Waals surface area contributed by atoms with E-state index in [0.717, 1.165) is 46.3 Å². The fraction of sp³-hybridized carbons (Fsp3) is 0.259. The number of halogens is 1. The number of carbonyl (C=O) groups is 1. The van der Waals surface area contributed by atoms with Gasteiger partial charge in [-0.25, -0.2) is 4.98 Å². The lowest BCUT2D eigenvalue weighted by molar-refractivity contribution is -0.0000155. The molecule has 4 rings (SSSR count). The first-order valence-electron chi connectivity index (χ1n) is 11.5. The van der Waals surface area contributed by atoms with Gasteiger partial charge in [-0.3, -0.25) is 4.79 Å². The van der Waals surface area contributed by atoms with Crippen molar-refractivity contribution in [1.82, 2.24) is 14.9 Å². The van der Waals surface area contributed by atoms with Crippen LogP contribution in [0.3, 0.4) is 0 Å². The molecule has 1 heterocycles. The number of aromatic nitrogens is 2. The average Bonchev–Trinajstić information content (AvgIpc) is 3.24. The Balaban J connectivity index is 0.00000228. The molecule has 1 atom stereocenters. The number of fused-ring (bicyclic) bond motifs is 1. The topological polar surface area (TPSA) is 108 Å². The van der Waals surface area contributed by atoms with Crippen LogP contribution >= 0.6 is 0 Å². The fourth-order valence-corrected chi connectivity index (χ4v) is 3.98. The molecule has 0 fully saturated rings. The highest BCUT2D eigenvalue weighted by atomic mass is 35.5. The molecule has 8 heteroatoms. The maximum absolute atomic E-state index is 13.1. The van der Waals surface area contributed by atoms with E-state index in [1.165, 1.54) is 0 Å². The van der Waals surface area contributed by atoms with Crippen molar-refractivity contribution in [3.05, 3.63) is 84.2 Å². The smallest absolute Gasteiger partial charge is 1.00 e. The molecule has 0 spiro atoms. The van der Waals surface area contributed by atoms with E-state index in [0.29, 0.717) is 25.5 Å². The standard InChI is InChI=1S/C27H31N5O2.ClH/c1-34-23-12-9-20(10-13-23)21-11-14-25-24(16-21)31-26(27(33)30-17-22(29)8-5-15-28)32(25)18-19-6-3-2-4-7-19;/h2-4,6-7,9-14,16,22H,5,8,15,17-18,28-29H2,1H3,(H,30,33);1H/t22-;/m0./s1. The van der Waals surface area contributed by atoms with Gasteiger partial charge in [0.15, 0.2) is 5.82 Å². The molecule has 0 aliphatic rings. The first kappa shape index (κ1) is 26.2. The Morgan fingerprint density at radius 3 is 2.49 bits per heavy atom. The molecule has 1 aromatic heterocycles. The van der Waals surface area contributed by atoms with Crippen molar-refractivity contribution in [2.75, 3.05) is 20.2 Å². The fourth-order valence-electron chi connectivity index (χ4n) is 3.98. The average molecular weight is 494 g/mol. The lowest BCUT2D eigenvalue weighted by Gasteiger charge is -2.13. The molecular formula is C27H32ClN5O2. The molecule has 5 N–H and O–H groups in total. The number of ether oxygens (including phenoxy) is 1.